The highest BCUT2D eigenvalue weighted by atomic mass is 35.5. The van der Waals surface area contributed by atoms with Crippen molar-refractivity contribution < 1.29 is 29.1 Å². The van der Waals surface area contributed by atoms with Gasteiger partial charge in [-0.1, -0.05) is 79.5 Å². The van der Waals surface area contributed by atoms with Crippen LogP contribution in [-0.4, -0.2) is 58.4 Å². The van der Waals surface area contributed by atoms with Gasteiger partial charge in [-0.25, -0.2) is 9.80 Å². The number of benzene rings is 1. The van der Waals surface area contributed by atoms with E-state index < -0.39 is 44.2 Å². The third-order valence-corrected chi connectivity index (χ3v) is 9.07. The topological polar surface area (TPSA) is 121 Å². The summed E-state index contributed by atoms with van der Waals surface area (Å²) >= 11 is 8.10. The number of hydrazone groups is 1. The molecule has 0 aliphatic carbocycles. The highest BCUT2D eigenvalue weighted by Gasteiger charge is 2.61. The van der Waals surface area contributed by atoms with Crippen LogP contribution in [0.15, 0.2) is 35.4 Å². The molecule has 4 atom stereocenters. The third kappa shape index (κ3) is 6.20. The second kappa shape index (κ2) is 11.5. The molecule has 1 aliphatic heterocycles. The van der Waals surface area contributed by atoms with Gasteiger partial charge < -0.3 is 5.11 Å². The number of carboxylic acids is 1. The Balaban J connectivity index is 2.66. The maximum Gasteiger partial charge on any atom is 0.343 e. The van der Waals surface area contributed by atoms with Gasteiger partial charge in [0.25, 0.3) is 0 Å². The average molecular weight is 531 g/mol. The molecule has 0 saturated carbocycles. The molecule has 12 heteroatoms. The molecule has 8 nitrogen and oxygen atoms in total. The number of rotatable bonds is 9. The van der Waals surface area contributed by atoms with Gasteiger partial charge >= 0.3 is 5.97 Å². The number of hydrogen-bond acceptors (Lipinski definition) is 9. The fourth-order valence-electron chi connectivity index (χ4n) is 3.06. The molecule has 2 rings (SSSR count). The number of halogens is 1. The molecular weight excluding hydrogens is 508 g/mol. The van der Waals surface area contributed by atoms with Crippen LogP contribution in [0.4, 0.5) is 0 Å². The summed E-state index contributed by atoms with van der Waals surface area (Å²) in [6.45, 7) is 5.60. The summed E-state index contributed by atoms with van der Waals surface area (Å²) in [5.41, 5.74) is 0.575. The number of carbonyl (C=O) groups excluding carboxylic acids is 4. The molecule has 0 spiro atoms. The number of nitrogens with zero attached hydrogens (tertiary/aromatic N) is 2. The highest BCUT2D eigenvalue weighted by molar-refractivity contribution is 8.19. The summed E-state index contributed by atoms with van der Waals surface area (Å²) < 4.78 is 0. The maximum atomic E-state index is 13.4. The minimum Gasteiger partial charge on any atom is -0.479 e. The van der Waals surface area contributed by atoms with Crippen molar-refractivity contribution in [3.05, 3.63) is 35.9 Å². The first-order chi connectivity index (χ1) is 15.4. The fourth-order valence-corrected chi connectivity index (χ4v) is 6.52. The number of amides is 1. The van der Waals surface area contributed by atoms with Crippen LogP contribution in [-0.2, 0) is 24.0 Å². The maximum absolute atomic E-state index is 13.4. The SMILES string of the molecule is CC(=O)SC[C@@H](C)C(=O)N1N=C(c2ccccc2)S[C@@]1(C(=O)O)C(SC(C)=O)C(C)C(=O)Cl. The quantitative estimate of drug-likeness (QED) is 0.476. The Bertz CT molecular complexity index is 989. The number of carboxylic acid groups (broad SMARTS) is 1. The molecule has 1 N–H and O–H groups in total. The predicted molar refractivity (Wildman–Crippen MR) is 132 cm³/mol. The first-order valence-electron chi connectivity index (χ1n) is 9.82. The third-order valence-electron chi connectivity index (χ3n) is 4.74. The zero-order valence-electron chi connectivity index (χ0n) is 18.3. The molecule has 1 amide bonds. The van der Waals surface area contributed by atoms with Crippen molar-refractivity contribution in [2.75, 3.05) is 5.75 Å². The van der Waals surface area contributed by atoms with Crippen molar-refractivity contribution in [1.82, 2.24) is 5.01 Å². The Morgan fingerprint density at radius 1 is 1.12 bits per heavy atom. The monoisotopic (exact) mass is 530 g/mol. The Morgan fingerprint density at radius 2 is 1.73 bits per heavy atom. The Hall–Kier alpha value is -1.82. The summed E-state index contributed by atoms with van der Waals surface area (Å²) in [4.78, 5) is 59.7. The van der Waals surface area contributed by atoms with Gasteiger partial charge in [0, 0.05) is 37.0 Å². The molecule has 1 aromatic rings. The van der Waals surface area contributed by atoms with Crippen molar-refractivity contribution in [2.24, 2.45) is 16.9 Å². The van der Waals surface area contributed by atoms with Gasteiger partial charge in [-0.05, 0) is 11.6 Å². The van der Waals surface area contributed by atoms with Gasteiger partial charge in [0.2, 0.25) is 16.0 Å². The Labute approximate surface area is 209 Å². The molecule has 2 unspecified atom stereocenters. The average Bonchev–Trinajstić information content (AvgIpc) is 3.17. The number of thioether (sulfide) groups is 3. The molecule has 33 heavy (non-hydrogen) atoms. The van der Waals surface area contributed by atoms with Gasteiger partial charge in [0.15, 0.2) is 10.2 Å². The van der Waals surface area contributed by atoms with E-state index in [9.17, 15) is 29.1 Å². The van der Waals surface area contributed by atoms with Crippen LogP contribution in [0.2, 0.25) is 0 Å². The molecule has 1 aliphatic rings. The lowest BCUT2D eigenvalue weighted by atomic mass is 9.99. The van der Waals surface area contributed by atoms with Crippen LogP contribution in [0, 0.1) is 11.8 Å². The van der Waals surface area contributed by atoms with Crippen molar-refractivity contribution in [3.8, 4) is 0 Å². The fraction of sp³-hybridized carbons (Fsp3) is 0.429. The number of aliphatic carboxylic acids is 1. The van der Waals surface area contributed by atoms with Gasteiger partial charge in [-0.2, -0.15) is 5.10 Å². The number of carbonyl (C=O) groups is 5. The van der Waals surface area contributed by atoms with Gasteiger partial charge in [-0.15, -0.1) is 0 Å². The van der Waals surface area contributed by atoms with Crippen molar-refractivity contribution >= 4 is 79.3 Å². The standard InChI is InChI=1S/C21H23ClN2O6S3/c1-11(10-31-13(3)25)19(28)24-21(20(29)30,16(32-14(4)26)12(2)17(22)27)33-18(23-24)15-8-6-5-7-9-15/h5-9,11-12,16H,10H2,1-4H3,(H,29,30)/t11-,12?,16?,21-/m1/s1. The van der Waals surface area contributed by atoms with E-state index in [4.69, 9.17) is 11.6 Å². The first kappa shape index (κ1) is 27.4. The second-order valence-electron chi connectivity index (χ2n) is 7.35. The van der Waals surface area contributed by atoms with Crippen LogP contribution in [0.25, 0.3) is 0 Å². The van der Waals surface area contributed by atoms with Crippen LogP contribution >= 0.6 is 46.9 Å². The summed E-state index contributed by atoms with van der Waals surface area (Å²) in [7, 11) is 0. The van der Waals surface area contributed by atoms with E-state index in [0.717, 1.165) is 28.5 Å². The van der Waals surface area contributed by atoms with Gasteiger partial charge in [0.05, 0.1) is 5.25 Å². The van der Waals surface area contributed by atoms with Crippen LogP contribution in [0.5, 0.6) is 0 Å². The minimum atomic E-state index is -2.11. The van der Waals surface area contributed by atoms with Crippen LogP contribution < -0.4 is 0 Å². The summed E-state index contributed by atoms with van der Waals surface area (Å²) in [5, 5.41) is 13.2. The molecule has 0 aromatic heterocycles. The molecule has 0 fully saturated rings. The lowest BCUT2D eigenvalue weighted by molar-refractivity contribution is -0.154. The van der Waals surface area contributed by atoms with E-state index in [1.54, 1.807) is 37.3 Å². The van der Waals surface area contributed by atoms with Crippen LogP contribution in [0.1, 0.15) is 33.3 Å². The van der Waals surface area contributed by atoms with E-state index in [1.807, 2.05) is 0 Å². The van der Waals surface area contributed by atoms with Crippen molar-refractivity contribution in [1.29, 1.82) is 0 Å². The molecular formula is C21H23ClN2O6S3. The normalized spacial score (nSPS) is 20.5. The zero-order chi connectivity index (χ0) is 24.9. The van der Waals surface area contributed by atoms with E-state index >= 15 is 0 Å². The second-order valence-corrected chi connectivity index (χ2v) is 11.5. The predicted octanol–water partition coefficient (Wildman–Crippen LogP) is 3.67. The molecule has 0 bridgehead atoms. The Morgan fingerprint density at radius 3 is 2.21 bits per heavy atom. The molecule has 1 heterocycles. The van der Waals surface area contributed by atoms with E-state index in [1.165, 1.54) is 20.8 Å². The lowest BCUT2D eigenvalue weighted by Gasteiger charge is -2.39. The molecule has 0 saturated heterocycles. The van der Waals surface area contributed by atoms with E-state index in [-0.39, 0.29) is 15.9 Å². The summed E-state index contributed by atoms with van der Waals surface area (Å²) in [5.74, 6) is -3.82. The minimum absolute atomic E-state index is 0.121. The molecule has 178 valence electrons. The molecule has 0 radical (unpaired) electrons. The lowest BCUT2D eigenvalue weighted by Crippen LogP contribution is -2.60. The first-order valence-corrected chi connectivity index (χ1v) is 12.9. The number of hydrogen-bond donors (Lipinski definition) is 1. The van der Waals surface area contributed by atoms with Crippen molar-refractivity contribution in [2.45, 2.75) is 37.8 Å². The van der Waals surface area contributed by atoms with Gasteiger partial charge in [0.1, 0.15) is 5.04 Å². The van der Waals surface area contributed by atoms with Crippen LogP contribution in [0.3, 0.4) is 0 Å². The molecule has 1 aromatic carbocycles. The zero-order valence-corrected chi connectivity index (χ0v) is 21.5. The Kier molecular flexibility index (Phi) is 9.59. The smallest absolute Gasteiger partial charge is 0.343 e. The highest BCUT2D eigenvalue weighted by Crippen LogP contribution is 2.49. The van der Waals surface area contributed by atoms with Crippen molar-refractivity contribution in [3.63, 3.8) is 0 Å². The van der Waals surface area contributed by atoms with E-state index in [2.05, 4.69) is 5.10 Å². The largest absolute Gasteiger partial charge is 0.479 e. The summed E-state index contributed by atoms with van der Waals surface area (Å²) in [6, 6.07) is 8.69. The van der Waals surface area contributed by atoms with Gasteiger partial charge in [-0.3, -0.25) is 19.2 Å². The summed E-state index contributed by atoms with van der Waals surface area (Å²) in [6.07, 6.45) is 0. The van der Waals surface area contributed by atoms with E-state index in [0.29, 0.717) is 17.3 Å².